The highest BCUT2D eigenvalue weighted by molar-refractivity contribution is 5.80. The molecule has 0 aromatic heterocycles. The molecule has 0 N–H and O–H groups in total. The molecule has 0 aliphatic carbocycles. The summed E-state index contributed by atoms with van der Waals surface area (Å²) in [5, 5.41) is 0. The number of likely N-dealkylation sites (tertiary alicyclic amines) is 1. The van der Waals surface area contributed by atoms with E-state index in [0.29, 0.717) is 5.78 Å². The molecule has 1 aliphatic rings. The van der Waals surface area contributed by atoms with Crippen LogP contribution in [-0.2, 0) is 4.79 Å². The van der Waals surface area contributed by atoms with Crippen molar-refractivity contribution in [2.24, 2.45) is 11.8 Å². The molecule has 2 heteroatoms. The fourth-order valence-electron chi connectivity index (χ4n) is 1.65. The minimum atomic E-state index is 0.225. The third-order valence-electron chi connectivity index (χ3n) is 2.58. The lowest BCUT2D eigenvalue weighted by molar-refractivity contribution is -0.122. The Balaban J connectivity index is 2.06. The van der Waals surface area contributed by atoms with E-state index in [1.807, 2.05) is 13.8 Å². The molecule has 2 nitrogen and oxygen atoms in total. The zero-order valence-corrected chi connectivity index (χ0v) is 8.34. The van der Waals surface area contributed by atoms with Crippen molar-refractivity contribution in [3.8, 4) is 0 Å². The summed E-state index contributed by atoms with van der Waals surface area (Å²) in [6.45, 7) is 6.33. The van der Waals surface area contributed by atoms with Crippen molar-refractivity contribution in [3.63, 3.8) is 0 Å². The fraction of sp³-hybridized carbons (Fsp3) is 0.900. The lowest BCUT2D eigenvalue weighted by Gasteiger charge is -2.36. The van der Waals surface area contributed by atoms with Gasteiger partial charge in [0.25, 0.3) is 0 Å². The number of Topliss-reactive ketones (excluding diaryl/α,β-unsaturated/α-hetero) is 1. The highest BCUT2D eigenvalue weighted by Crippen LogP contribution is 2.19. The number of carbonyl (C=O) groups excluding carboxylic acids is 1. The molecular weight excluding hydrogens is 150 g/mol. The molecule has 1 rings (SSSR count). The highest BCUT2D eigenvalue weighted by Gasteiger charge is 2.23. The monoisotopic (exact) mass is 169 g/mol. The van der Waals surface area contributed by atoms with E-state index in [1.165, 1.54) is 13.1 Å². The van der Waals surface area contributed by atoms with Gasteiger partial charge in [0.1, 0.15) is 5.78 Å². The number of ketones is 1. The van der Waals surface area contributed by atoms with Gasteiger partial charge in [-0.15, -0.1) is 0 Å². The van der Waals surface area contributed by atoms with Crippen LogP contribution >= 0.6 is 0 Å². The van der Waals surface area contributed by atoms with Crippen LogP contribution in [0.2, 0.25) is 0 Å². The Hall–Kier alpha value is -0.370. The molecule has 0 aromatic rings. The number of carbonyl (C=O) groups is 1. The molecule has 1 saturated heterocycles. The van der Waals surface area contributed by atoms with Crippen LogP contribution in [-0.4, -0.2) is 30.8 Å². The number of rotatable bonds is 4. The SMILES string of the molecule is CC(C)C(=O)CCC1CN(C)C1. The van der Waals surface area contributed by atoms with Crippen LogP contribution < -0.4 is 0 Å². The molecule has 70 valence electrons. The van der Waals surface area contributed by atoms with E-state index < -0.39 is 0 Å². The lowest BCUT2D eigenvalue weighted by atomic mass is 9.92. The maximum absolute atomic E-state index is 11.3. The van der Waals surface area contributed by atoms with Crippen molar-refractivity contribution in [1.82, 2.24) is 4.90 Å². The standard InChI is InChI=1S/C10H19NO/c1-8(2)10(12)5-4-9-6-11(3)7-9/h8-9H,4-7H2,1-3H3. The van der Waals surface area contributed by atoms with Gasteiger partial charge >= 0.3 is 0 Å². The van der Waals surface area contributed by atoms with Crippen LogP contribution in [0, 0.1) is 11.8 Å². The molecule has 0 amide bonds. The Morgan fingerprint density at radius 3 is 2.50 bits per heavy atom. The van der Waals surface area contributed by atoms with Crippen molar-refractivity contribution < 1.29 is 4.79 Å². The average Bonchev–Trinajstić information content (AvgIpc) is 1.95. The molecule has 0 saturated carbocycles. The minimum Gasteiger partial charge on any atom is -0.306 e. The minimum absolute atomic E-state index is 0.225. The summed E-state index contributed by atoms with van der Waals surface area (Å²) < 4.78 is 0. The zero-order chi connectivity index (χ0) is 9.14. The van der Waals surface area contributed by atoms with E-state index in [0.717, 1.165) is 18.8 Å². The summed E-state index contributed by atoms with van der Waals surface area (Å²) in [4.78, 5) is 13.6. The first-order chi connectivity index (χ1) is 5.59. The predicted octanol–water partition coefficient (Wildman–Crippen LogP) is 1.55. The van der Waals surface area contributed by atoms with Crippen molar-refractivity contribution in [3.05, 3.63) is 0 Å². The molecule has 1 heterocycles. The third kappa shape index (κ3) is 2.59. The zero-order valence-electron chi connectivity index (χ0n) is 8.34. The number of hydrogen-bond acceptors (Lipinski definition) is 2. The van der Waals surface area contributed by atoms with Crippen LogP contribution in [0.25, 0.3) is 0 Å². The Labute approximate surface area is 74.9 Å². The van der Waals surface area contributed by atoms with E-state index in [2.05, 4.69) is 11.9 Å². The molecule has 0 spiro atoms. The molecule has 0 aromatic carbocycles. The van der Waals surface area contributed by atoms with E-state index in [9.17, 15) is 4.79 Å². The van der Waals surface area contributed by atoms with Crippen molar-refractivity contribution in [2.75, 3.05) is 20.1 Å². The first-order valence-electron chi connectivity index (χ1n) is 4.81. The maximum Gasteiger partial charge on any atom is 0.135 e. The van der Waals surface area contributed by atoms with Crippen molar-refractivity contribution in [2.45, 2.75) is 26.7 Å². The summed E-state index contributed by atoms with van der Waals surface area (Å²) >= 11 is 0. The highest BCUT2D eigenvalue weighted by atomic mass is 16.1. The molecule has 1 aliphatic heterocycles. The smallest absolute Gasteiger partial charge is 0.135 e. The molecule has 1 fully saturated rings. The second-order valence-corrected chi connectivity index (χ2v) is 4.25. The average molecular weight is 169 g/mol. The number of hydrogen-bond donors (Lipinski definition) is 0. The van der Waals surface area contributed by atoms with Gasteiger partial charge in [0, 0.05) is 25.4 Å². The second-order valence-electron chi connectivity index (χ2n) is 4.25. The summed E-state index contributed by atoms with van der Waals surface area (Å²) in [5.74, 6) is 1.44. The number of nitrogens with zero attached hydrogens (tertiary/aromatic N) is 1. The van der Waals surface area contributed by atoms with Gasteiger partial charge in [-0.2, -0.15) is 0 Å². The van der Waals surface area contributed by atoms with Gasteiger partial charge in [0.05, 0.1) is 0 Å². The second kappa shape index (κ2) is 4.04. The van der Waals surface area contributed by atoms with Crippen LogP contribution in [0.4, 0.5) is 0 Å². The van der Waals surface area contributed by atoms with E-state index in [4.69, 9.17) is 0 Å². The Bertz CT molecular complexity index is 159. The first kappa shape index (κ1) is 9.72. The summed E-state index contributed by atoms with van der Waals surface area (Å²) in [7, 11) is 2.13. The van der Waals surface area contributed by atoms with Gasteiger partial charge in [-0.3, -0.25) is 4.79 Å². The largest absolute Gasteiger partial charge is 0.306 e. The first-order valence-corrected chi connectivity index (χ1v) is 4.81. The van der Waals surface area contributed by atoms with Gasteiger partial charge in [-0.05, 0) is 19.4 Å². The summed E-state index contributed by atoms with van der Waals surface area (Å²) in [6.07, 6.45) is 1.89. The van der Waals surface area contributed by atoms with Crippen molar-refractivity contribution >= 4 is 5.78 Å². The lowest BCUT2D eigenvalue weighted by Crippen LogP contribution is -2.43. The Morgan fingerprint density at radius 1 is 1.50 bits per heavy atom. The van der Waals surface area contributed by atoms with Crippen LogP contribution in [0.3, 0.4) is 0 Å². The molecule has 0 unspecified atom stereocenters. The molecule has 0 bridgehead atoms. The van der Waals surface area contributed by atoms with Gasteiger partial charge in [0.2, 0.25) is 0 Å². The van der Waals surface area contributed by atoms with Crippen molar-refractivity contribution in [1.29, 1.82) is 0 Å². The van der Waals surface area contributed by atoms with E-state index in [-0.39, 0.29) is 5.92 Å². The summed E-state index contributed by atoms with van der Waals surface area (Å²) in [6, 6.07) is 0. The van der Waals surface area contributed by atoms with Crippen LogP contribution in [0.1, 0.15) is 26.7 Å². The quantitative estimate of drug-likeness (QED) is 0.636. The third-order valence-corrected chi connectivity index (χ3v) is 2.58. The maximum atomic E-state index is 11.3. The summed E-state index contributed by atoms with van der Waals surface area (Å²) in [5.41, 5.74) is 0. The Kier molecular flexibility index (Phi) is 3.27. The topological polar surface area (TPSA) is 20.3 Å². The Morgan fingerprint density at radius 2 is 2.08 bits per heavy atom. The van der Waals surface area contributed by atoms with Gasteiger partial charge in [0.15, 0.2) is 0 Å². The molecule has 0 radical (unpaired) electrons. The molecule has 12 heavy (non-hydrogen) atoms. The molecular formula is C10H19NO. The predicted molar refractivity (Wildman–Crippen MR) is 50.1 cm³/mol. The van der Waals surface area contributed by atoms with Gasteiger partial charge < -0.3 is 4.90 Å². The van der Waals surface area contributed by atoms with E-state index in [1.54, 1.807) is 0 Å². The fourth-order valence-corrected chi connectivity index (χ4v) is 1.65. The van der Waals surface area contributed by atoms with Crippen LogP contribution in [0.5, 0.6) is 0 Å². The normalized spacial score (nSPS) is 19.7. The van der Waals surface area contributed by atoms with E-state index >= 15 is 0 Å². The van der Waals surface area contributed by atoms with Gasteiger partial charge in [-0.1, -0.05) is 13.8 Å². The van der Waals surface area contributed by atoms with Crippen LogP contribution in [0.15, 0.2) is 0 Å². The molecule has 0 atom stereocenters. The van der Waals surface area contributed by atoms with Gasteiger partial charge in [-0.25, -0.2) is 0 Å².